The highest BCUT2D eigenvalue weighted by Gasteiger charge is 2.22. The first-order valence-corrected chi connectivity index (χ1v) is 11.9. The number of rotatable bonds is 2. The molecular formula is C34H20O2. The molecule has 0 saturated heterocycles. The summed E-state index contributed by atoms with van der Waals surface area (Å²) in [6.45, 7) is 0. The second kappa shape index (κ2) is 7.34. The molecule has 0 unspecified atom stereocenters. The van der Waals surface area contributed by atoms with Gasteiger partial charge in [-0.3, -0.25) is 0 Å². The molecule has 0 atom stereocenters. The van der Waals surface area contributed by atoms with E-state index in [1.54, 1.807) is 0 Å². The van der Waals surface area contributed by atoms with Crippen LogP contribution in [0.25, 0.3) is 66.1 Å². The lowest BCUT2D eigenvalue weighted by atomic mass is 9.87. The first-order chi connectivity index (χ1) is 19.5. The third-order valence-corrected chi connectivity index (χ3v) is 7.03. The van der Waals surface area contributed by atoms with Crippen LogP contribution < -0.4 is 4.74 Å². The normalized spacial score (nSPS) is 13.7. The third kappa shape index (κ3) is 2.67. The van der Waals surface area contributed by atoms with Crippen molar-refractivity contribution in [1.29, 1.82) is 0 Å². The largest absolute Gasteiger partial charge is 0.456 e. The van der Waals surface area contributed by atoms with Crippen molar-refractivity contribution in [2.24, 2.45) is 0 Å². The summed E-state index contributed by atoms with van der Waals surface area (Å²) < 4.78 is 47.8. The van der Waals surface area contributed by atoms with Gasteiger partial charge in [-0.15, -0.1) is 0 Å². The van der Waals surface area contributed by atoms with E-state index in [2.05, 4.69) is 6.07 Å². The summed E-state index contributed by atoms with van der Waals surface area (Å²) >= 11 is 0. The molecule has 7 aromatic rings. The van der Waals surface area contributed by atoms with Gasteiger partial charge in [-0.05, 0) is 57.5 Å². The minimum absolute atomic E-state index is 0.0846. The maximum Gasteiger partial charge on any atom is 0.136 e. The molecule has 0 spiro atoms. The lowest BCUT2D eigenvalue weighted by molar-refractivity contribution is 0.487. The van der Waals surface area contributed by atoms with E-state index in [9.17, 15) is 0 Å². The molecule has 0 saturated carbocycles. The predicted molar refractivity (Wildman–Crippen MR) is 148 cm³/mol. The SMILES string of the molecule is [2H]c1c([2H])c([2H])c(-c2cccc3oc4ccccc4c23)c(-c2ccc3c4c(cccc24)-c2ccccc2O3)c1[2H]. The molecule has 1 aliphatic heterocycles. The van der Waals surface area contributed by atoms with E-state index in [4.69, 9.17) is 14.6 Å². The van der Waals surface area contributed by atoms with Crippen molar-refractivity contribution >= 4 is 32.7 Å². The van der Waals surface area contributed by atoms with Gasteiger partial charge in [-0.25, -0.2) is 0 Å². The van der Waals surface area contributed by atoms with Crippen molar-refractivity contribution in [3.8, 4) is 44.9 Å². The molecule has 2 nitrogen and oxygen atoms in total. The van der Waals surface area contributed by atoms with Gasteiger partial charge in [0.15, 0.2) is 0 Å². The van der Waals surface area contributed by atoms with Gasteiger partial charge in [0.25, 0.3) is 0 Å². The monoisotopic (exact) mass is 464 g/mol. The van der Waals surface area contributed by atoms with E-state index in [1.165, 1.54) is 0 Å². The summed E-state index contributed by atoms with van der Waals surface area (Å²) in [7, 11) is 0. The van der Waals surface area contributed by atoms with Crippen molar-refractivity contribution in [2.75, 3.05) is 0 Å². The Labute approximate surface area is 213 Å². The van der Waals surface area contributed by atoms with Crippen LogP contribution in [0.15, 0.2) is 126 Å². The molecule has 6 aromatic carbocycles. The smallest absolute Gasteiger partial charge is 0.136 e. The van der Waals surface area contributed by atoms with E-state index in [1.807, 2.05) is 91.0 Å². The molecule has 2 heteroatoms. The second-order valence-electron chi connectivity index (χ2n) is 8.96. The van der Waals surface area contributed by atoms with Crippen molar-refractivity contribution in [3.05, 3.63) is 121 Å². The molecule has 1 aliphatic rings. The highest BCUT2D eigenvalue weighted by molar-refractivity contribution is 6.15. The Balaban J connectivity index is 1.52. The molecular weight excluding hydrogens is 440 g/mol. The highest BCUT2D eigenvalue weighted by Crippen LogP contribution is 2.49. The van der Waals surface area contributed by atoms with Gasteiger partial charge < -0.3 is 9.15 Å². The van der Waals surface area contributed by atoms with Crippen molar-refractivity contribution in [2.45, 2.75) is 0 Å². The fourth-order valence-electron chi connectivity index (χ4n) is 5.50. The van der Waals surface area contributed by atoms with E-state index in [0.717, 1.165) is 55.3 Å². The van der Waals surface area contributed by atoms with Crippen LogP contribution in [-0.4, -0.2) is 0 Å². The number of hydrogen-bond donors (Lipinski definition) is 0. The zero-order valence-electron chi connectivity index (χ0n) is 23.1. The summed E-state index contributed by atoms with van der Waals surface area (Å²) in [6.07, 6.45) is 0. The van der Waals surface area contributed by atoms with Gasteiger partial charge in [0, 0.05) is 21.7 Å². The fourth-order valence-corrected chi connectivity index (χ4v) is 5.50. The van der Waals surface area contributed by atoms with Crippen molar-refractivity contribution < 1.29 is 14.6 Å². The maximum atomic E-state index is 9.11. The molecule has 0 fully saturated rings. The van der Waals surface area contributed by atoms with E-state index >= 15 is 0 Å². The summed E-state index contributed by atoms with van der Waals surface area (Å²) in [4.78, 5) is 0. The van der Waals surface area contributed by atoms with Crippen LogP contribution in [0.3, 0.4) is 0 Å². The number of para-hydroxylation sites is 2. The van der Waals surface area contributed by atoms with Gasteiger partial charge in [0.05, 0.1) is 5.48 Å². The van der Waals surface area contributed by atoms with Gasteiger partial charge in [0.1, 0.15) is 22.7 Å². The molecule has 1 aromatic heterocycles. The topological polar surface area (TPSA) is 22.4 Å². The minimum Gasteiger partial charge on any atom is -0.456 e. The molecule has 0 N–H and O–H groups in total. The quantitative estimate of drug-likeness (QED) is 0.254. The summed E-state index contributed by atoms with van der Waals surface area (Å²) in [5.74, 6) is 1.51. The first-order valence-electron chi connectivity index (χ1n) is 13.9. The summed E-state index contributed by atoms with van der Waals surface area (Å²) in [5, 5.41) is 3.50. The average molecular weight is 465 g/mol. The molecule has 8 rings (SSSR count). The van der Waals surface area contributed by atoms with Gasteiger partial charge in [-0.2, -0.15) is 0 Å². The number of furan rings is 1. The summed E-state index contributed by atoms with van der Waals surface area (Å²) in [6, 6.07) is 30.5. The van der Waals surface area contributed by atoms with Gasteiger partial charge in [0.2, 0.25) is 0 Å². The third-order valence-electron chi connectivity index (χ3n) is 7.03. The van der Waals surface area contributed by atoms with Gasteiger partial charge >= 0.3 is 0 Å². The van der Waals surface area contributed by atoms with E-state index in [-0.39, 0.29) is 24.2 Å². The second-order valence-corrected chi connectivity index (χ2v) is 8.96. The standard InChI is InChI=1S/C34H20O2/c1-2-10-22(25-15-8-18-31-34(25)28-12-4-6-17-30(28)36-31)21(9-1)23-19-20-32-33-26(23)13-7-14-27(33)24-11-3-5-16-29(24)35-32/h1-20H/i1D,2D,9D,10D. The minimum atomic E-state index is -0.270. The number of hydrogen-bond acceptors (Lipinski definition) is 2. The molecule has 0 bridgehead atoms. The van der Waals surface area contributed by atoms with Crippen LogP contribution >= 0.6 is 0 Å². The Morgan fingerprint density at radius 2 is 1.11 bits per heavy atom. The van der Waals surface area contributed by atoms with Crippen molar-refractivity contribution in [3.63, 3.8) is 0 Å². The fraction of sp³-hybridized carbons (Fsp3) is 0. The Hall–Kier alpha value is -4.82. The predicted octanol–water partition coefficient (Wildman–Crippen LogP) is 9.85. The Kier molecular flexibility index (Phi) is 3.25. The Bertz CT molecular complexity index is 2200. The summed E-state index contributed by atoms with van der Waals surface area (Å²) in [5.41, 5.74) is 5.72. The maximum absolute atomic E-state index is 9.11. The van der Waals surface area contributed by atoms with Crippen LogP contribution in [0.5, 0.6) is 11.5 Å². The number of fused-ring (bicyclic) bond motifs is 5. The van der Waals surface area contributed by atoms with Crippen LogP contribution in [0, 0.1) is 0 Å². The zero-order valence-corrected chi connectivity index (χ0v) is 19.1. The lowest BCUT2D eigenvalue weighted by Crippen LogP contribution is -1.98. The van der Waals surface area contributed by atoms with Crippen LogP contribution in [0.1, 0.15) is 5.48 Å². The molecule has 0 radical (unpaired) electrons. The lowest BCUT2D eigenvalue weighted by Gasteiger charge is -2.23. The Morgan fingerprint density at radius 1 is 0.444 bits per heavy atom. The average Bonchev–Trinajstić information content (AvgIpc) is 3.38. The first kappa shape index (κ1) is 16.0. The number of benzene rings is 6. The zero-order chi connectivity index (χ0) is 27.1. The van der Waals surface area contributed by atoms with Crippen LogP contribution in [-0.2, 0) is 0 Å². The van der Waals surface area contributed by atoms with E-state index in [0.29, 0.717) is 22.3 Å². The molecule has 0 amide bonds. The van der Waals surface area contributed by atoms with Crippen LogP contribution in [0.2, 0.25) is 0 Å². The molecule has 36 heavy (non-hydrogen) atoms. The molecule has 2 heterocycles. The molecule has 0 aliphatic carbocycles. The number of ether oxygens (including phenoxy) is 1. The van der Waals surface area contributed by atoms with Crippen LogP contribution in [0.4, 0.5) is 0 Å². The highest BCUT2D eigenvalue weighted by atomic mass is 16.5. The van der Waals surface area contributed by atoms with E-state index < -0.39 is 0 Å². The van der Waals surface area contributed by atoms with Crippen molar-refractivity contribution in [1.82, 2.24) is 0 Å². The van der Waals surface area contributed by atoms with Gasteiger partial charge in [-0.1, -0.05) is 97.0 Å². The molecule has 168 valence electrons. The Morgan fingerprint density at radius 3 is 2.03 bits per heavy atom.